The first-order valence-corrected chi connectivity index (χ1v) is 6.91. The molecule has 1 aliphatic heterocycles. The molecule has 1 aliphatic rings. The van der Waals surface area contributed by atoms with Gasteiger partial charge in [0.1, 0.15) is 0 Å². The molecule has 0 spiro atoms. The van der Waals surface area contributed by atoms with Crippen LogP contribution in [0.5, 0.6) is 0 Å². The molecule has 3 heteroatoms. The average Bonchev–Trinajstić information content (AvgIpc) is 2.42. The molecule has 0 radical (unpaired) electrons. The van der Waals surface area contributed by atoms with E-state index in [1.807, 2.05) is 0 Å². The Bertz CT molecular complexity index is 142. The SMILES string of the molecule is CC(C)C(N)CCN1CCCSCC1. The first kappa shape index (κ1) is 12.3. The third kappa shape index (κ3) is 4.67. The van der Waals surface area contributed by atoms with Crippen LogP contribution in [0.3, 0.4) is 0 Å². The molecule has 1 saturated heterocycles. The number of hydrogen-bond acceptors (Lipinski definition) is 3. The molecule has 0 saturated carbocycles. The molecule has 0 aromatic carbocycles. The molecule has 2 nitrogen and oxygen atoms in total. The minimum absolute atomic E-state index is 0.380. The van der Waals surface area contributed by atoms with Gasteiger partial charge in [0, 0.05) is 18.3 Å². The van der Waals surface area contributed by atoms with Gasteiger partial charge in [0.05, 0.1) is 0 Å². The highest BCUT2D eigenvalue weighted by molar-refractivity contribution is 7.99. The summed E-state index contributed by atoms with van der Waals surface area (Å²) in [6.45, 7) is 8.15. The van der Waals surface area contributed by atoms with E-state index in [1.54, 1.807) is 0 Å². The Labute approximate surface area is 92.6 Å². The highest BCUT2D eigenvalue weighted by Gasteiger charge is 2.12. The minimum Gasteiger partial charge on any atom is -0.327 e. The number of rotatable bonds is 4. The fraction of sp³-hybridized carbons (Fsp3) is 1.00. The van der Waals surface area contributed by atoms with Crippen molar-refractivity contribution in [3.05, 3.63) is 0 Å². The van der Waals surface area contributed by atoms with Crippen LogP contribution in [0.4, 0.5) is 0 Å². The van der Waals surface area contributed by atoms with Gasteiger partial charge in [-0.05, 0) is 37.6 Å². The van der Waals surface area contributed by atoms with E-state index in [0.29, 0.717) is 12.0 Å². The Balaban J connectivity index is 2.15. The molecular formula is C11H24N2S. The minimum atomic E-state index is 0.380. The monoisotopic (exact) mass is 216 g/mol. The van der Waals surface area contributed by atoms with Gasteiger partial charge >= 0.3 is 0 Å². The largest absolute Gasteiger partial charge is 0.327 e. The molecule has 1 rings (SSSR count). The van der Waals surface area contributed by atoms with Crippen LogP contribution in [0.2, 0.25) is 0 Å². The van der Waals surface area contributed by atoms with Crippen LogP contribution in [-0.4, -0.2) is 42.1 Å². The summed E-state index contributed by atoms with van der Waals surface area (Å²) in [4.78, 5) is 2.57. The first-order valence-electron chi connectivity index (χ1n) is 5.76. The zero-order valence-corrected chi connectivity index (χ0v) is 10.4. The average molecular weight is 216 g/mol. The van der Waals surface area contributed by atoms with E-state index in [9.17, 15) is 0 Å². The van der Waals surface area contributed by atoms with Crippen molar-refractivity contribution in [2.45, 2.75) is 32.7 Å². The lowest BCUT2D eigenvalue weighted by Crippen LogP contribution is -2.34. The molecule has 1 atom stereocenters. The van der Waals surface area contributed by atoms with Gasteiger partial charge in [0.2, 0.25) is 0 Å². The summed E-state index contributed by atoms with van der Waals surface area (Å²) in [5.41, 5.74) is 6.04. The molecule has 0 aromatic heterocycles. The van der Waals surface area contributed by atoms with Crippen LogP contribution < -0.4 is 5.73 Å². The van der Waals surface area contributed by atoms with Gasteiger partial charge in [-0.15, -0.1) is 0 Å². The Morgan fingerprint density at radius 1 is 1.29 bits per heavy atom. The second-order valence-electron chi connectivity index (χ2n) is 4.50. The molecule has 1 heterocycles. The lowest BCUT2D eigenvalue weighted by Gasteiger charge is -2.23. The van der Waals surface area contributed by atoms with Crippen molar-refractivity contribution in [1.29, 1.82) is 0 Å². The second-order valence-corrected chi connectivity index (χ2v) is 5.73. The van der Waals surface area contributed by atoms with E-state index in [-0.39, 0.29) is 0 Å². The van der Waals surface area contributed by atoms with E-state index in [1.165, 1.54) is 37.6 Å². The molecule has 1 fully saturated rings. The standard InChI is InChI=1S/C11H24N2S/c1-10(2)11(12)4-6-13-5-3-8-14-9-7-13/h10-11H,3-9,12H2,1-2H3. The van der Waals surface area contributed by atoms with Gasteiger partial charge in [0.15, 0.2) is 0 Å². The lowest BCUT2D eigenvalue weighted by atomic mass is 10.0. The Kier molecular flexibility index (Phi) is 5.90. The van der Waals surface area contributed by atoms with Crippen molar-refractivity contribution in [3.8, 4) is 0 Å². The van der Waals surface area contributed by atoms with Crippen molar-refractivity contribution >= 4 is 11.8 Å². The zero-order valence-electron chi connectivity index (χ0n) is 9.54. The molecule has 1 unspecified atom stereocenters. The highest BCUT2D eigenvalue weighted by Crippen LogP contribution is 2.11. The van der Waals surface area contributed by atoms with Gasteiger partial charge in [-0.2, -0.15) is 11.8 Å². The maximum Gasteiger partial charge on any atom is 0.00740 e. The van der Waals surface area contributed by atoms with Crippen molar-refractivity contribution in [1.82, 2.24) is 4.90 Å². The molecular weight excluding hydrogens is 192 g/mol. The third-order valence-electron chi connectivity index (χ3n) is 2.95. The predicted octanol–water partition coefficient (Wildman–Crippen LogP) is 1.80. The summed E-state index contributed by atoms with van der Waals surface area (Å²) >= 11 is 2.09. The van der Waals surface area contributed by atoms with Gasteiger partial charge in [-0.3, -0.25) is 0 Å². The van der Waals surface area contributed by atoms with E-state index in [4.69, 9.17) is 5.73 Å². The number of nitrogens with two attached hydrogens (primary N) is 1. The van der Waals surface area contributed by atoms with Gasteiger partial charge in [-0.1, -0.05) is 13.8 Å². The van der Waals surface area contributed by atoms with Crippen molar-refractivity contribution in [2.24, 2.45) is 11.7 Å². The molecule has 0 aromatic rings. The van der Waals surface area contributed by atoms with Gasteiger partial charge in [-0.25, -0.2) is 0 Å². The summed E-state index contributed by atoms with van der Waals surface area (Å²) in [5, 5.41) is 0. The summed E-state index contributed by atoms with van der Waals surface area (Å²) in [5.74, 6) is 3.26. The smallest absolute Gasteiger partial charge is 0.00740 e. The molecule has 0 amide bonds. The van der Waals surface area contributed by atoms with Gasteiger partial charge in [0.25, 0.3) is 0 Å². The Morgan fingerprint density at radius 2 is 2.07 bits per heavy atom. The van der Waals surface area contributed by atoms with Crippen LogP contribution in [0, 0.1) is 5.92 Å². The van der Waals surface area contributed by atoms with Crippen LogP contribution in [0.1, 0.15) is 26.7 Å². The van der Waals surface area contributed by atoms with E-state index in [0.717, 1.165) is 6.42 Å². The fourth-order valence-corrected chi connectivity index (χ4v) is 2.61. The third-order valence-corrected chi connectivity index (χ3v) is 4.00. The normalized spacial score (nSPS) is 22.3. The van der Waals surface area contributed by atoms with Crippen LogP contribution in [-0.2, 0) is 0 Å². The van der Waals surface area contributed by atoms with E-state index in [2.05, 4.69) is 30.5 Å². The predicted molar refractivity (Wildman–Crippen MR) is 65.8 cm³/mol. The quantitative estimate of drug-likeness (QED) is 0.777. The van der Waals surface area contributed by atoms with E-state index < -0.39 is 0 Å². The van der Waals surface area contributed by atoms with Crippen LogP contribution in [0.25, 0.3) is 0 Å². The maximum absolute atomic E-state index is 6.04. The Morgan fingerprint density at radius 3 is 2.79 bits per heavy atom. The summed E-state index contributed by atoms with van der Waals surface area (Å²) < 4.78 is 0. The van der Waals surface area contributed by atoms with Crippen LogP contribution in [0.15, 0.2) is 0 Å². The lowest BCUT2D eigenvalue weighted by molar-refractivity contribution is 0.272. The van der Waals surface area contributed by atoms with Crippen molar-refractivity contribution in [3.63, 3.8) is 0 Å². The number of thioether (sulfide) groups is 1. The molecule has 84 valence electrons. The topological polar surface area (TPSA) is 29.3 Å². The van der Waals surface area contributed by atoms with Gasteiger partial charge < -0.3 is 10.6 Å². The zero-order chi connectivity index (χ0) is 10.4. The van der Waals surface area contributed by atoms with E-state index >= 15 is 0 Å². The Hall–Kier alpha value is 0.270. The maximum atomic E-state index is 6.04. The highest BCUT2D eigenvalue weighted by atomic mass is 32.2. The molecule has 0 bridgehead atoms. The number of nitrogens with zero attached hydrogens (tertiary/aromatic N) is 1. The number of hydrogen-bond donors (Lipinski definition) is 1. The van der Waals surface area contributed by atoms with Crippen LogP contribution >= 0.6 is 11.8 Å². The molecule has 2 N–H and O–H groups in total. The summed E-state index contributed by atoms with van der Waals surface area (Å²) in [6, 6.07) is 0.380. The second kappa shape index (κ2) is 6.70. The first-order chi connectivity index (χ1) is 6.70. The fourth-order valence-electron chi connectivity index (χ4n) is 1.69. The summed E-state index contributed by atoms with van der Waals surface area (Å²) in [7, 11) is 0. The molecule has 0 aliphatic carbocycles. The molecule has 14 heavy (non-hydrogen) atoms. The van der Waals surface area contributed by atoms with Crippen molar-refractivity contribution in [2.75, 3.05) is 31.1 Å². The van der Waals surface area contributed by atoms with Crippen molar-refractivity contribution < 1.29 is 0 Å². The summed E-state index contributed by atoms with van der Waals surface area (Å²) in [6.07, 6.45) is 2.50.